The van der Waals surface area contributed by atoms with Crippen molar-refractivity contribution in [2.45, 2.75) is 44.9 Å². The van der Waals surface area contributed by atoms with Crippen molar-refractivity contribution >= 4 is 21.6 Å². The smallest absolute Gasteiger partial charge is 0.265 e. The van der Waals surface area contributed by atoms with E-state index in [4.69, 9.17) is 0 Å². The molecule has 1 atom stereocenters. The molecule has 102 valence electrons. The van der Waals surface area contributed by atoms with E-state index in [1.807, 2.05) is 6.92 Å². The number of hydrogen-bond acceptors (Lipinski definition) is 3. The fourth-order valence-electron chi connectivity index (χ4n) is 1.87. The normalized spacial score (nSPS) is 13.0. The van der Waals surface area contributed by atoms with Gasteiger partial charge in [-0.15, -0.1) is 0 Å². The predicted molar refractivity (Wildman–Crippen MR) is 75.1 cm³/mol. The van der Waals surface area contributed by atoms with E-state index in [0.29, 0.717) is 30.1 Å². The number of alkyl halides is 1. The Morgan fingerprint density at radius 3 is 2.56 bits per heavy atom. The van der Waals surface area contributed by atoms with Crippen LogP contribution in [0.5, 0.6) is 0 Å². The highest BCUT2D eigenvalue weighted by molar-refractivity contribution is 9.09. The van der Waals surface area contributed by atoms with Gasteiger partial charge in [-0.05, 0) is 12.3 Å². The highest BCUT2D eigenvalue weighted by Crippen LogP contribution is 2.28. The average Bonchev–Trinajstić information content (AvgIpc) is 2.55. The third kappa shape index (κ3) is 3.31. The lowest BCUT2D eigenvalue weighted by Crippen LogP contribution is -2.14. The standard InChI is InChI=1S/C12H20BrN3O2/c1-5-6-10-12(16(17)18)11(15(4)14-10)7-9(13)8(2)3/h8-9H,5-7H2,1-4H3. The van der Waals surface area contributed by atoms with Crippen LogP contribution >= 0.6 is 15.9 Å². The van der Waals surface area contributed by atoms with Crippen LogP contribution in [-0.4, -0.2) is 19.5 Å². The minimum absolute atomic E-state index is 0.199. The molecule has 1 heterocycles. The van der Waals surface area contributed by atoms with Crippen LogP contribution in [0.3, 0.4) is 0 Å². The van der Waals surface area contributed by atoms with Gasteiger partial charge in [0.15, 0.2) is 0 Å². The van der Waals surface area contributed by atoms with Crippen LogP contribution in [0.4, 0.5) is 5.69 Å². The van der Waals surface area contributed by atoms with Gasteiger partial charge in [0.1, 0.15) is 11.4 Å². The molecule has 1 rings (SSSR count). The Balaban J connectivity index is 3.13. The second kappa shape index (κ2) is 6.31. The Labute approximate surface area is 116 Å². The summed E-state index contributed by atoms with van der Waals surface area (Å²) in [6, 6.07) is 0. The summed E-state index contributed by atoms with van der Waals surface area (Å²) in [4.78, 5) is 11.1. The molecule has 1 aromatic rings. The van der Waals surface area contributed by atoms with E-state index in [1.165, 1.54) is 0 Å². The minimum atomic E-state index is -0.298. The lowest BCUT2D eigenvalue weighted by atomic mass is 10.0. The van der Waals surface area contributed by atoms with Crippen LogP contribution in [0.25, 0.3) is 0 Å². The summed E-state index contributed by atoms with van der Waals surface area (Å²) in [5.41, 5.74) is 1.51. The monoisotopic (exact) mass is 317 g/mol. The molecule has 0 saturated heterocycles. The first-order valence-corrected chi connectivity index (χ1v) is 7.13. The summed E-state index contributed by atoms with van der Waals surface area (Å²) < 4.78 is 1.65. The van der Waals surface area contributed by atoms with Crippen LogP contribution in [0.1, 0.15) is 38.6 Å². The number of nitrogens with zero attached hydrogens (tertiary/aromatic N) is 3. The Morgan fingerprint density at radius 2 is 2.11 bits per heavy atom. The van der Waals surface area contributed by atoms with Crippen LogP contribution in [0, 0.1) is 16.0 Å². The third-order valence-electron chi connectivity index (χ3n) is 2.99. The Hall–Kier alpha value is -0.910. The van der Waals surface area contributed by atoms with Crippen molar-refractivity contribution in [1.82, 2.24) is 9.78 Å². The van der Waals surface area contributed by atoms with Crippen molar-refractivity contribution in [2.75, 3.05) is 0 Å². The number of hydrogen-bond donors (Lipinski definition) is 0. The maximum atomic E-state index is 11.2. The first-order valence-electron chi connectivity index (χ1n) is 6.21. The number of rotatable bonds is 6. The van der Waals surface area contributed by atoms with Gasteiger partial charge in [-0.1, -0.05) is 43.1 Å². The molecule has 0 spiro atoms. The second-order valence-corrected chi connectivity index (χ2v) is 6.01. The van der Waals surface area contributed by atoms with Gasteiger partial charge in [0.25, 0.3) is 0 Å². The fourth-order valence-corrected chi connectivity index (χ4v) is 2.18. The lowest BCUT2D eigenvalue weighted by molar-refractivity contribution is -0.386. The summed E-state index contributed by atoms with van der Waals surface area (Å²) in [7, 11) is 1.78. The van der Waals surface area contributed by atoms with E-state index in [2.05, 4.69) is 34.9 Å². The molecule has 18 heavy (non-hydrogen) atoms. The molecule has 0 aromatic carbocycles. The number of nitro groups is 1. The van der Waals surface area contributed by atoms with Gasteiger partial charge in [0.2, 0.25) is 0 Å². The first kappa shape index (κ1) is 15.1. The maximum Gasteiger partial charge on any atom is 0.313 e. The van der Waals surface area contributed by atoms with Crippen molar-refractivity contribution in [3.63, 3.8) is 0 Å². The molecule has 6 heteroatoms. The van der Waals surface area contributed by atoms with Gasteiger partial charge >= 0.3 is 5.69 Å². The molecule has 0 bridgehead atoms. The zero-order valence-corrected chi connectivity index (χ0v) is 12.9. The number of aryl methyl sites for hydroxylation is 2. The Bertz CT molecular complexity index is 429. The van der Waals surface area contributed by atoms with E-state index >= 15 is 0 Å². The van der Waals surface area contributed by atoms with E-state index in [0.717, 1.165) is 6.42 Å². The van der Waals surface area contributed by atoms with Gasteiger partial charge in [0, 0.05) is 18.3 Å². The third-order valence-corrected chi connectivity index (χ3v) is 4.37. The summed E-state index contributed by atoms with van der Waals surface area (Å²) in [6.45, 7) is 6.18. The summed E-state index contributed by atoms with van der Waals surface area (Å²) >= 11 is 3.58. The fraction of sp³-hybridized carbons (Fsp3) is 0.750. The van der Waals surface area contributed by atoms with E-state index < -0.39 is 0 Å². The van der Waals surface area contributed by atoms with Crippen LogP contribution < -0.4 is 0 Å². The van der Waals surface area contributed by atoms with E-state index in [1.54, 1.807) is 11.7 Å². The van der Waals surface area contributed by atoms with Crippen molar-refractivity contribution in [3.05, 3.63) is 21.5 Å². The first-order chi connectivity index (χ1) is 8.38. The maximum absolute atomic E-state index is 11.2. The van der Waals surface area contributed by atoms with E-state index in [9.17, 15) is 10.1 Å². The van der Waals surface area contributed by atoms with Crippen LogP contribution in [-0.2, 0) is 19.9 Å². The summed E-state index contributed by atoms with van der Waals surface area (Å²) in [5.74, 6) is 0.425. The molecule has 0 amide bonds. The van der Waals surface area contributed by atoms with Gasteiger partial charge in [0.05, 0.1) is 4.92 Å². The van der Waals surface area contributed by atoms with Crippen molar-refractivity contribution in [1.29, 1.82) is 0 Å². The molecule has 0 N–H and O–H groups in total. The minimum Gasteiger partial charge on any atom is -0.265 e. The predicted octanol–water partition coefficient (Wildman–Crippen LogP) is 3.24. The zero-order valence-electron chi connectivity index (χ0n) is 11.3. The zero-order chi connectivity index (χ0) is 13.9. The van der Waals surface area contributed by atoms with Crippen LogP contribution in [0.2, 0.25) is 0 Å². The SMILES string of the molecule is CCCc1nn(C)c(CC(Br)C(C)C)c1[N+](=O)[O-]. The molecule has 0 saturated carbocycles. The molecular formula is C12H20BrN3O2. The number of halogens is 1. The molecule has 0 aliphatic rings. The molecular weight excluding hydrogens is 298 g/mol. The van der Waals surface area contributed by atoms with Gasteiger partial charge in [-0.25, -0.2) is 0 Å². The average molecular weight is 318 g/mol. The molecule has 5 nitrogen and oxygen atoms in total. The summed E-state index contributed by atoms with van der Waals surface area (Å²) in [5, 5.41) is 15.5. The van der Waals surface area contributed by atoms with Crippen molar-refractivity contribution < 1.29 is 4.92 Å². The molecule has 1 aromatic heterocycles. The van der Waals surface area contributed by atoms with Crippen LogP contribution in [0.15, 0.2) is 0 Å². The van der Waals surface area contributed by atoms with Crippen molar-refractivity contribution in [3.8, 4) is 0 Å². The molecule has 1 unspecified atom stereocenters. The summed E-state index contributed by atoms with van der Waals surface area (Å²) in [6.07, 6.45) is 2.14. The molecule has 0 fully saturated rings. The molecule has 0 aliphatic carbocycles. The topological polar surface area (TPSA) is 61.0 Å². The second-order valence-electron chi connectivity index (χ2n) is 4.84. The number of aromatic nitrogens is 2. The highest BCUT2D eigenvalue weighted by atomic mass is 79.9. The quantitative estimate of drug-likeness (QED) is 0.459. The van der Waals surface area contributed by atoms with Gasteiger partial charge < -0.3 is 0 Å². The highest BCUT2D eigenvalue weighted by Gasteiger charge is 2.27. The largest absolute Gasteiger partial charge is 0.313 e. The lowest BCUT2D eigenvalue weighted by Gasteiger charge is -2.12. The molecule has 0 aliphatic heterocycles. The van der Waals surface area contributed by atoms with Gasteiger partial charge in [-0.2, -0.15) is 5.10 Å². The molecule has 0 radical (unpaired) electrons. The van der Waals surface area contributed by atoms with E-state index in [-0.39, 0.29) is 15.4 Å². The Kier molecular flexibility index (Phi) is 5.31. The van der Waals surface area contributed by atoms with Crippen molar-refractivity contribution in [2.24, 2.45) is 13.0 Å². The Morgan fingerprint density at radius 1 is 1.50 bits per heavy atom. The van der Waals surface area contributed by atoms with Gasteiger partial charge in [-0.3, -0.25) is 14.8 Å².